The summed E-state index contributed by atoms with van der Waals surface area (Å²) in [5.74, 6) is 1.71. The highest BCUT2D eigenvalue weighted by Crippen LogP contribution is 2.28. The number of fused-ring (bicyclic) bond motifs is 1. The molecule has 2 aromatic heterocycles. The molecule has 25 heavy (non-hydrogen) atoms. The van der Waals surface area contributed by atoms with Gasteiger partial charge in [0.2, 0.25) is 5.89 Å². The fourth-order valence-electron chi connectivity index (χ4n) is 3.34. The number of piperidine rings is 1. The number of aromatic nitrogens is 4. The van der Waals surface area contributed by atoms with Gasteiger partial charge in [0.1, 0.15) is 0 Å². The van der Waals surface area contributed by atoms with Gasteiger partial charge in [0, 0.05) is 30.3 Å². The van der Waals surface area contributed by atoms with E-state index in [1.807, 2.05) is 36.9 Å². The Morgan fingerprint density at radius 2 is 2.28 bits per heavy atom. The molecule has 7 heteroatoms. The Kier molecular flexibility index (Phi) is 3.99. The predicted molar refractivity (Wildman–Crippen MR) is 92.4 cm³/mol. The number of amides is 1. The van der Waals surface area contributed by atoms with Crippen molar-refractivity contribution in [3.8, 4) is 0 Å². The number of likely N-dealkylation sites (tertiary alicyclic amines) is 1. The van der Waals surface area contributed by atoms with Crippen LogP contribution in [0.25, 0.3) is 10.9 Å². The van der Waals surface area contributed by atoms with E-state index in [0.29, 0.717) is 23.8 Å². The monoisotopic (exact) mass is 339 g/mol. The van der Waals surface area contributed by atoms with Crippen LogP contribution < -0.4 is 0 Å². The van der Waals surface area contributed by atoms with Crippen molar-refractivity contribution in [1.29, 1.82) is 0 Å². The Hall–Kier alpha value is -2.70. The molecule has 3 heterocycles. The van der Waals surface area contributed by atoms with Gasteiger partial charge in [-0.15, -0.1) is 0 Å². The van der Waals surface area contributed by atoms with Crippen LogP contribution in [0.5, 0.6) is 0 Å². The van der Waals surface area contributed by atoms with E-state index >= 15 is 0 Å². The first-order valence-electron chi connectivity index (χ1n) is 8.68. The highest BCUT2D eigenvalue weighted by atomic mass is 16.5. The first kappa shape index (κ1) is 15.8. The lowest BCUT2D eigenvalue weighted by molar-refractivity contribution is 0.0705. The van der Waals surface area contributed by atoms with Crippen LogP contribution in [0.2, 0.25) is 0 Å². The second-order valence-electron chi connectivity index (χ2n) is 6.88. The summed E-state index contributed by atoms with van der Waals surface area (Å²) in [6, 6.07) is 5.68. The van der Waals surface area contributed by atoms with Crippen LogP contribution in [0.1, 0.15) is 60.6 Å². The lowest BCUT2D eigenvalue weighted by Crippen LogP contribution is -2.39. The number of H-pyrrole nitrogens is 1. The molecule has 1 fully saturated rings. The maximum absolute atomic E-state index is 13.0. The molecule has 4 rings (SSSR count). The van der Waals surface area contributed by atoms with Gasteiger partial charge in [-0.2, -0.15) is 10.1 Å². The molecule has 1 amide bonds. The van der Waals surface area contributed by atoms with E-state index in [1.54, 1.807) is 6.20 Å². The van der Waals surface area contributed by atoms with Crippen LogP contribution in [-0.4, -0.2) is 44.2 Å². The molecule has 0 spiro atoms. The van der Waals surface area contributed by atoms with Crippen LogP contribution in [0, 0.1) is 0 Å². The van der Waals surface area contributed by atoms with Gasteiger partial charge in [0.25, 0.3) is 5.91 Å². The minimum atomic E-state index is 0.0205. The Balaban J connectivity index is 1.56. The molecular weight excluding hydrogens is 318 g/mol. The summed E-state index contributed by atoms with van der Waals surface area (Å²) in [5, 5.41) is 12.0. The quantitative estimate of drug-likeness (QED) is 0.792. The van der Waals surface area contributed by atoms with Gasteiger partial charge in [-0.05, 0) is 18.9 Å². The molecule has 0 bridgehead atoms. The summed E-state index contributed by atoms with van der Waals surface area (Å²) in [6.45, 7) is 5.41. The van der Waals surface area contributed by atoms with Crippen LogP contribution in [0.4, 0.5) is 0 Å². The molecule has 1 aromatic carbocycles. The number of nitrogens with zero attached hydrogens (tertiary/aromatic N) is 4. The van der Waals surface area contributed by atoms with Gasteiger partial charge < -0.3 is 9.42 Å². The fraction of sp³-hybridized carbons (Fsp3) is 0.444. The summed E-state index contributed by atoms with van der Waals surface area (Å²) in [5.41, 5.74) is 1.45. The highest BCUT2D eigenvalue weighted by molar-refractivity contribution is 6.05. The zero-order chi connectivity index (χ0) is 17.4. The number of hydrogen-bond donors (Lipinski definition) is 1. The number of hydrogen-bond acceptors (Lipinski definition) is 5. The number of para-hydroxylation sites is 1. The molecular formula is C18H21N5O2. The lowest BCUT2D eigenvalue weighted by atomic mass is 9.96. The lowest BCUT2D eigenvalue weighted by Gasteiger charge is -2.31. The van der Waals surface area contributed by atoms with Crippen LogP contribution in [0.3, 0.4) is 0 Å². The van der Waals surface area contributed by atoms with Gasteiger partial charge in [-0.1, -0.05) is 31.1 Å². The molecule has 1 atom stereocenters. The third kappa shape index (κ3) is 2.90. The average molecular weight is 339 g/mol. The maximum Gasteiger partial charge on any atom is 0.256 e. The zero-order valence-corrected chi connectivity index (χ0v) is 14.4. The average Bonchev–Trinajstić information content (AvgIpc) is 3.30. The number of nitrogens with one attached hydrogen (secondary N) is 1. The van der Waals surface area contributed by atoms with Gasteiger partial charge >= 0.3 is 0 Å². The van der Waals surface area contributed by atoms with Crippen molar-refractivity contribution in [2.45, 2.75) is 38.5 Å². The first-order chi connectivity index (χ1) is 12.1. The number of carbonyl (C=O) groups is 1. The van der Waals surface area contributed by atoms with E-state index < -0.39 is 0 Å². The van der Waals surface area contributed by atoms with Crippen LogP contribution in [0.15, 0.2) is 28.9 Å². The summed E-state index contributed by atoms with van der Waals surface area (Å²) in [4.78, 5) is 19.4. The van der Waals surface area contributed by atoms with E-state index in [4.69, 9.17) is 4.52 Å². The van der Waals surface area contributed by atoms with E-state index in [9.17, 15) is 4.79 Å². The minimum Gasteiger partial charge on any atom is -0.339 e. The second-order valence-corrected chi connectivity index (χ2v) is 6.88. The SMILES string of the molecule is CC(C)c1nc([C@@H]2CCCN(C(=O)c3cccc4cn[nH]c34)C2)no1. The van der Waals surface area contributed by atoms with Gasteiger partial charge in [0.15, 0.2) is 5.82 Å². The fourth-order valence-corrected chi connectivity index (χ4v) is 3.34. The largest absolute Gasteiger partial charge is 0.339 e. The van der Waals surface area contributed by atoms with Crippen LogP contribution in [-0.2, 0) is 0 Å². The van der Waals surface area contributed by atoms with Crippen molar-refractivity contribution < 1.29 is 9.32 Å². The number of rotatable bonds is 3. The van der Waals surface area contributed by atoms with E-state index in [0.717, 1.165) is 30.3 Å². The van der Waals surface area contributed by atoms with Gasteiger partial charge in [0.05, 0.1) is 17.3 Å². The molecule has 0 unspecified atom stereocenters. The topological polar surface area (TPSA) is 87.9 Å². The molecule has 0 radical (unpaired) electrons. The summed E-state index contributed by atoms with van der Waals surface area (Å²) in [6.07, 6.45) is 3.63. The standard InChI is InChI=1S/C18H21N5O2/c1-11(2)17-20-16(22-25-17)13-6-4-8-23(10-13)18(24)14-7-3-5-12-9-19-21-15(12)14/h3,5,7,9,11,13H,4,6,8,10H2,1-2H3,(H,19,21)/t13-/m1/s1. The maximum atomic E-state index is 13.0. The molecule has 1 aliphatic heterocycles. The van der Waals surface area contributed by atoms with Crippen molar-refractivity contribution in [2.24, 2.45) is 0 Å². The zero-order valence-electron chi connectivity index (χ0n) is 14.4. The Morgan fingerprint density at radius 1 is 1.40 bits per heavy atom. The third-order valence-corrected chi connectivity index (χ3v) is 4.73. The molecule has 7 nitrogen and oxygen atoms in total. The molecule has 130 valence electrons. The second kappa shape index (κ2) is 6.31. The number of benzene rings is 1. The van der Waals surface area contributed by atoms with Crippen molar-refractivity contribution in [3.05, 3.63) is 41.7 Å². The Labute approximate surface area is 145 Å². The molecule has 0 aliphatic carbocycles. The van der Waals surface area contributed by atoms with E-state index in [1.165, 1.54) is 0 Å². The van der Waals surface area contributed by atoms with Gasteiger partial charge in [-0.25, -0.2) is 0 Å². The minimum absolute atomic E-state index is 0.0205. The summed E-state index contributed by atoms with van der Waals surface area (Å²) >= 11 is 0. The van der Waals surface area contributed by atoms with E-state index in [2.05, 4.69) is 20.3 Å². The molecule has 3 aromatic rings. The van der Waals surface area contributed by atoms with Crippen molar-refractivity contribution in [1.82, 2.24) is 25.2 Å². The van der Waals surface area contributed by atoms with Crippen molar-refractivity contribution in [3.63, 3.8) is 0 Å². The molecule has 1 N–H and O–H groups in total. The summed E-state index contributed by atoms with van der Waals surface area (Å²) in [7, 11) is 0. The smallest absolute Gasteiger partial charge is 0.256 e. The van der Waals surface area contributed by atoms with Crippen LogP contribution >= 0.6 is 0 Å². The summed E-state index contributed by atoms with van der Waals surface area (Å²) < 4.78 is 5.33. The first-order valence-corrected chi connectivity index (χ1v) is 8.68. The van der Waals surface area contributed by atoms with Crippen molar-refractivity contribution in [2.75, 3.05) is 13.1 Å². The normalized spacial score (nSPS) is 18.2. The third-order valence-electron chi connectivity index (χ3n) is 4.73. The number of carbonyl (C=O) groups excluding carboxylic acids is 1. The molecule has 0 saturated carbocycles. The highest BCUT2D eigenvalue weighted by Gasteiger charge is 2.29. The Bertz CT molecular complexity index is 898. The van der Waals surface area contributed by atoms with E-state index in [-0.39, 0.29) is 17.7 Å². The van der Waals surface area contributed by atoms with Gasteiger partial charge in [-0.3, -0.25) is 9.89 Å². The Morgan fingerprint density at radius 3 is 3.08 bits per heavy atom. The molecule has 1 aliphatic rings. The predicted octanol–water partition coefficient (Wildman–Crippen LogP) is 3.09. The molecule has 1 saturated heterocycles. The number of aromatic amines is 1. The van der Waals surface area contributed by atoms with Crippen molar-refractivity contribution >= 4 is 16.8 Å².